The van der Waals surface area contributed by atoms with Crippen molar-refractivity contribution < 1.29 is 24.2 Å². The minimum Gasteiger partial charge on any atom is -0.462 e. The van der Waals surface area contributed by atoms with Gasteiger partial charge in [0.05, 0.1) is 6.61 Å². The van der Waals surface area contributed by atoms with Crippen LogP contribution in [-0.2, 0) is 19.1 Å². The highest BCUT2D eigenvalue weighted by atomic mass is 16.6. The van der Waals surface area contributed by atoms with Gasteiger partial charge in [-0.3, -0.25) is 9.59 Å². The van der Waals surface area contributed by atoms with Crippen molar-refractivity contribution >= 4 is 11.9 Å². The summed E-state index contributed by atoms with van der Waals surface area (Å²) in [6, 6.07) is 0. The second-order valence-electron chi connectivity index (χ2n) is 14.4. The molecule has 1 unspecified atom stereocenters. The van der Waals surface area contributed by atoms with Crippen LogP contribution in [0.5, 0.6) is 0 Å². The predicted molar refractivity (Wildman–Crippen MR) is 237 cm³/mol. The molecule has 0 aromatic carbocycles. The molecule has 0 aromatic rings. The van der Waals surface area contributed by atoms with E-state index in [0.717, 1.165) is 103 Å². The summed E-state index contributed by atoms with van der Waals surface area (Å²) in [4.78, 5) is 24.2. The van der Waals surface area contributed by atoms with Gasteiger partial charge in [0.25, 0.3) is 0 Å². The maximum absolute atomic E-state index is 12.2. The molecule has 0 amide bonds. The Morgan fingerprint density at radius 1 is 0.436 bits per heavy atom. The van der Waals surface area contributed by atoms with Crippen molar-refractivity contribution in [3.63, 3.8) is 0 Å². The Kier molecular flexibility index (Phi) is 42.6. The van der Waals surface area contributed by atoms with Crippen LogP contribution in [0, 0.1) is 0 Å². The Morgan fingerprint density at radius 2 is 0.782 bits per heavy atom. The van der Waals surface area contributed by atoms with Gasteiger partial charge in [-0.25, -0.2) is 0 Å². The van der Waals surface area contributed by atoms with Crippen LogP contribution in [0.4, 0.5) is 0 Å². The monoisotopic (exact) mass is 763 g/mol. The first-order chi connectivity index (χ1) is 27.1. The van der Waals surface area contributed by atoms with Gasteiger partial charge in [-0.15, -0.1) is 0 Å². The third-order valence-corrected chi connectivity index (χ3v) is 9.09. The predicted octanol–water partition coefficient (Wildman–Crippen LogP) is 14.5. The molecule has 0 radical (unpaired) electrons. The normalized spacial score (nSPS) is 13.1. The zero-order chi connectivity index (χ0) is 40.0. The lowest BCUT2D eigenvalue weighted by Crippen LogP contribution is -2.28. The summed E-state index contributed by atoms with van der Waals surface area (Å²) >= 11 is 0. The molecule has 1 N–H and O–H groups in total. The summed E-state index contributed by atoms with van der Waals surface area (Å²) in [5, 5.41) is 9.55. The Hall–Kier alpha value is -3.18. The Labute approximate surface area is 338 Å². The maximum Gasteiger partial charge on any atom is 0.306 e. The van der Waals surface area contributed by atoms with Gasteiger partial charge < -0.3 is 14.6 Å². The molecular formula is C50H82O5. The highest BCUT2D eigenvalue weighted by Gasteiger charge is 2.16. The van der Waals surface area contributed by atoms with Crippen molar-refractivity contribution in [3.8, 4) is 0 Å². The largest absolute Gasteiger partial charge is 0.462 e. The molecule has 0 bridgehead atoms. The highest BCUT2D eigenvalue weighted by Crippen LogP contribution is 2.13. The van der Waals surface area contributed by atoms with Crippen LogP contribution in [0.15, 0.2) is 97.2 Å². The number of hydrogen-bond acceptors (Lipinski definition) is 5. The average Bonchev–Trinajstić information content (AvgIpc) is 3.19. The molecule has 0 fully saturated rings. The summed E-state index contributed by atoms with van der Waals surface area (Å²) in [5.41, 5.74) is 0. The molecule has 0 aromatic heterocycles. The molecule has 0 aliphatic heterocycles. The average molecular weight is 763 g/mol. The highest BCUT2D eigenvalue weighted by molar-refractivity contribution is 5.70. The Morgan fingerprint density at radius 3 is 1.20 bits per heavy atom. The molecule has 55 heavy (non-hydrogen) atoms. The van der Waals surface area contributed by atoms with Gasteiger partial charge in [0, 0.05) is 12.8 Å². The first kappa shape index (κ1) is 51.8. The molecule has 0 spiro atoms. The van der Waals surface area contributed by atoms with Crippen molar-refractivity contribution in [2.24, 2.45) is 0 Å². The van der Waals surface area contributed by atoms with E-state index in [-0.39, 0.29) is 25.2 Å². The smallest absolute Gasteiger partial charge is 0.306 e. The summed E-state index contributed by atoms with van der Waals surface area (Å²) < 4.78 is 10.6. The summed E-state index contributed by atoms with van der Waals surface area (Å²) in [6.45, 7) is 3.93. The third kappa shape index (κ3) is 43.4. The van der Waals surface area contributed by atoms with E-state index in [1.807, 2.05) is 0 Å². The lowest BCUT2D eigenvalue weighted by molar-refractivity contribution is -0.161. The zero-order valence-corrected chi connectivity index (χ0v) is 35.4. The van der Waals surface area contributed by atoms with E-state index < -0.39 is 6.10 Å². The SMILES string of the molecule is CC/C=C\C/C=C\C/C=C\C/C=C\C/C=C\C/C=C\C/C=C\CCCCCCCCCCCC(=O)OC(CO)COC(=O)CCCCCCC/C=C\CCC. The zero-order valence-electron chi connectivity index (χ0n) is 35.4. The van der Waals surface area contributed by atoms with Crippen LogP contribution < -0.4 is 0 Å². The van der Waals surface area contributed by atoms with Crippen LogP contribution in [-0.4, -0.2) is 36.4 Å². The number of aliphatic hydroxyl groups is 1. The number of hydrogen-bond donors (Lipinski definition) is 1. The van der Waals surface area contributed by atoms with Gasteiger partial charge >= 0.3 is 11.9 Å². The van der Waals surface area contributed by atoms with Crippen molar-refractivity contribution in [1.29, 1.82) is 0 Å². The number of aliphatic hydroxyl groups excluding tert-OH is 1. The number of ether oxygens (including phenoxy) is 2. The van der Waals surface area contributed by atoms with E-state index in [1.165, 1.54) is 57.8 Å². The van der Waals surface area contributed by atoms with Gasteiger partial charge in [0.1, 0.15) is 6.61 Å². The van der Waals surface area contributed by atoms with E-state index in [2.05, 4.69) is 111 Å². The second kappa shape index (κ2) is 45.2. The Balaban J connectivity index is 3.58. The molecule has 0 saturated heterocycles. The molecule has 0 aliphatic carbocycles. The minimum absolute atomic E-state index is 0.0776. The molecule has 312 valence electrons. The Bertz CT molecular complexity index is 1090. The quantitative estimate of drug-likeness (QED) is 0.0383. The van der Waals surface area contributed by atoms with Gasteiger partial charge in [-0.1, -0.05) is 182 Å². The van der Waals surface area contributed by atoms with Crippen LogP contribution in [0.1, 0.15) is 187 Å². The molecule has 0 saturated carbocycles. The van der Waals surface area contributed by atoms with Crippen LogP contribution in [0.2, 0.25) is 0 Å². The molecule has 5 nitrogen and oxygen atoms in total. The van der Waals surface area contributed by atoms with Gasteiger partial charge in [0.15, 0.2) is 6.10 Å². The minimum atomic E-state index is -0.782. The lowest BCUT2D eigenvalue weighted by Gasteiger charge is -2.15. The summed E-state index contributed by atoms with van der Waals surface area (Å²) in [5.74, 6) is -0.618. The molecule has 5 heteroatoms. The van der Waals surface area contributed by atoms with Crippen molar-refractivity contribution in [2.45, 2.75) is 193 Å². The molecule has 0 heterocycles. The molecule has 1 atom stereocenters. The van der Waals surface area contributed by atoms with E-state index in [4.69, 9.17) is 9.47 Å². The van der Waals surface area contributed by atoms with E-state index in [0.29, 0.717) is 12.8 Å². The first-order valence-corrected chi connectivity index (χ1v) is 22.3. The van der Waals surface area contributed by atoms with Crippen molar-refractivity contribution in [1.82, 2.24) is 0 Å². The van der Waals surface area contributed by atoms with Crippen molar-refractivity contribution in [3.05, 3.63) is 97.2 Å². The lowest BCUT2D eigenvalue weighted by atomic mass is 10.1. The number of carbonyl (C=O) groups excluding carboxylic acids is 2. The van der Waals surface area contributed by atoms with E-state index in [9.17, 15) is 14.7 Å². The van der Waals surface area contributed by atoms with Gasteiger partial charge in [-0.05, 0) is 89.9 Å². The summed E-state index contributed by atoms with van der Waals surface area (Å²) in [6.07, 6.45) is 63.5. The first-order valence-electron chi connectivity index (χ1n) is 22.3. The third-order valence-electron chi connectivity index (χ3n) is 9.09. The molecule has 0 aliphatic rings. The number of rotatable bonds is 39. The van der Waals surface area contributed by atoms with Crippen LogP contribution in [0.25, 0.3) is 0 Å². The fourth-order valence-electron chi connectivity index (χ4n) is 5.77. The maximum atomic E-state index is 12.2. The number of unbranched alkanes of at least 4 members (excludes halogenated alkanes) is 15. The van der Waals surface area contributed by atoms with Crippen molar-refractivity contribution in [2.75, 3.05) is 13.2 Å². The van der Waals surface area contributed by atoms with Crippen LogP contribution >= 0.6 is 0 Å². The van der Waals surface area contributed by atoms with Crippen LogP contribution in [0.3, 0.4) is 0 Å². The fraction of sp³-hybridized carbons (Fsp3) is 0.640. The number of esters is 2. The summed E-state index contributed by atoms with van der Waals surface area (Å²) in [7, 11) is 0. The standard InChI is InChI=1S/C50H82O5/c1-3-5-7-9-11-13-15-16-17-18-19-20-21-22-23-24-25-26-27-28-29-30-31-32-33-34-35-37-39-41-43-45-50(53)55-48(46-51)47-54-49(52)44-42-40-38-36-14-12-10-8-6-4-2/h5,7-8,10-11,13,16-17,19-20,22-23,25-26,28-29,48,51H,3-4,6,9,12,14-15,18,21,24,27,30-47H2,1-2H3/b7-5-,10-8-,13-11-,17-16-,20-19-,23-22-,26-25-,29-28-. The number of carbonyl (C=O) groups is 2. The molecule has 0 rings (SSSR count). The number of allylic oxidation sites excluding steroid dienone is 16. The van der Waals surface area contributed by atoms with E-state index >= 15 is 0 Å². The van der Waals surface area contributed by atoms with E-state index in [1.54, 1.807) is 0 Å². The van der Waals surface area contributed by atoms with Gasteiger partial charge in [-0.2, -0.15) is 0 Å². The topological polar surface area (TPSA) is 72.8 Å². The van der Waals surface area contributed by atoms with Gasteiger partial charge in [0.2, 0.25) is 0 Å². The fourth-order valence-corrected chi connectivity index (χ4v) is 5.77. The second-order valence-corrected chi connectivity index (χ2v) is 14.4. The molecular weight excluding hydrogens is 681 g/mol.